The van der Waals surface area contributed by atoms with Crippen molar-refractivity contribution in [2.45, 2.75) is 26.3 Å². The number of aromatic nitrogens is 1. The lowest BCUT2D eigenvalue weighted by Gasteiger charge is -2.35. The third-order valence-electron chi connectivity index (χ3n) is 3.72. The third-order valence-corrected chi connectivity index (χ3v) is 3.72. The van der Waals surface area contributed by atoms with Gasteiger partial charge in [-0.3, -0.25) is 0 Å². The van der Waals surface area contributed by atoms with Crippen LogP contribution in [0.5, 0.6) is 0 Å². The van der Waals surface area contributed by atoms with Gasteiger partial charge in [0.05, 0.1) is 12.2 Å². The summed E-state index contributed by atoms with van der Waals surface area (Å²) in [5.41, 5.74) is 0.494. The maximum Gasteiger partial charge on any atom is 0.339 e. The number of ether oxygens (including phenoxy) is 1. The number of nitrogens with zero attached hydrogens (tertiary/aromatic N) is 2. The summed E-state index contributed by atoms with van der Waals surface area (Å²) in [6.07, 6.45) is 2.68. The van der Waals surface area contributed by atoms with Crippen molar-refractivity contribution in [1.82, 2.24) is 9.88 Å². The van der Waals surface area contributed by atoms with Crippen molar-refractivity contribution in [3.63, 3.8) is 0 Å². The fraction of sp³-hybridized carbons (Fsp3) is 0.600. The lowest BCUT2D eigenvalue weighted by atomic mass is 9.94. The molecule has 0 aliphatic carbocycles. The second-order valence-electron chi connectivity index (χ2n) is 5.43. The van der Waals surface area contributed by atoms with Crippen molar-refractivity contribution in [2.24, 2.45) is 5.92 Å². The molecule has 2 rings (SSSR count). The van der Waals surface area contributed by atoms with Crippen molar-refractivity contribution in [1.29, 1.82) is 0 Å². The standard InChI is InChI=1S/C15H23N3O2/c1-4-20-15(19)12-5-6-14(16-9-12)17-13-7-8-18(3)10-11(13)2/h5-6,9,11,13H,4,7-8,10H2,1-3H3,(H,16,17). The maximum absolute atomic E-state index is 11.5. The Bertz CT molecular complexity index is 447. The summed E-state index contributed by atoms with van der Waals surface area (Å²) in [5.74, 6) is 1.08. The highest BCUT2D eigenvalue weighted by Gasteiger charge is 2.24. The first-order valence-electron chi connectivity index (χ1n) is 7.18. The van der Waals surface area contributed by atoms with Gasteiger partial charge in [0.1, 0.15) is 5.82 Å². The van der Waals surface area contributed by atoms with E-state index < -0.39 is 0 Å². The number of carbonyl (C=O) groups is 1. The van der Waals surface area contributed by atoms with E-state index in [1.807, 2.05) is 6.07 Å². The number of hydrogen-bond acceptors (Lipinski definition) is 5. The largest absolute Gasteiger partial charge is 0.462 e. The highest BCUT2D eigenvalue weighted by molar-refractivity contribution is 5.89. The molecule has 1 aromatic heterocycles. The van der Waals surface area contributed by atoms with Gasteiger partial charge in [-0.15, -0.1) is 0 Å². The number of hydrogen-bond donors (Lipinski definition) is 1. The summed E-state index contributed by atoms with van der Waals surface area (Å²) in [7, 11) is 2.15. The Morgan fingerprint density at radius 2 is 2.35 bits per heavy atom. The van der Waals surface area contributed by atoms with E-state index >= 15 is 0 Å². The van der Waals surface area contributed by atoms with Crippen molar-refractivity contribution in [3.05, 3.63) is 23.9 Å². The zero-order chi connectivity index (χ0) is 14.5. The van der Waals surface area contributed by atoms with E-state index in [9.17, 15) is 4.79 Å². The van der Waals surface area contributed by atoms with Crippen LogP contribution in [0, 0.1) is 5.92 Å². The highest BCUT2D eigenvalue weighted by atomic mass is 16.5. The highest BCUT2D eigenvalue weighted by Crippen LogP contribution is 2.19. The predicted octanol–water partition coefficient (Wildman–Crippen LogP) is 2.01. The van der Waals surface area contributed by atoms with Crippen LogP contribution in [-0.2, 0) is 4.74 Å². The van der Waals surface area contributed by atoms with Gasteiger partial charge in [0.15, 0.2) is 0 Å². The first-order valence-corrected chi connectivity index (χ1v) is 7.18. The van der Waals surface area contributed by atoms with Crippen LogP contribution in [-0.4, -0.2) is 48.6 Å². The van der Waals surface area contributed by atoms with E-state index in [1.165, 1.54) is 0 Å². The lowest BCUT2D eigenvalue weighted by Crippen LogP contribution is -2.43. The normalized spacial score (nSPS) is 23.4. The average molecular weight is 277 g/mol. The molecule has 0 saturated carbocycles. The fourth-order valence-corrected chi connectivity index (χ4v) is 2.57. The van der Waals surface area contributed by atoms with Crippen LogP contribution in [0.3, 0.4) is 0 Å². The van der Waals surface area contributed by atoms with Gasteiger partial charge in [-0.25, -0.2) is 9.78 Å². The number of esters is 1. The van der Waals surface area contributed by atoms with E-state index in [0.717, 1.165) is 25.3 Å². The summed E-state index contributed by atoms with van der Waals surface area (Å²) in [4.78, 5) is 18.2. The Morgan fingerprint density at radius 1 is 1.55 bits per heavy atom. The van der Waals surface area contributed by atoms with Crippen molar-refractivity contribution in [2.75, 3.05) is 32.1 Å². The minimum atomic E-state index is -0.320. The van der Waals surface area contributed by atoms with Gasteiger partial charge >= 0.3 is 5.97 Å². The predicted molar refractivity (Wildman–Crippen MR) is 78.9 cm³/mol. The second-order valence-corrected chi connectivity index (χ2v) is 5.43. The zero-order valence-electron chi connectivity index (χ0n) is 12.4. The molecule has 5 heteroatoms. The van der Waals surface area contributed by atoms with Crippen LogP contribution < -0.4 is 5.32 Å². The topological polar surface area (TPSA) is 54.5 Å². The maximum atomic E-state index is 11.5. The van der Waals surface area contributed by atoms with Gasteiger partial charge in [-0.2, -0.15) is 0 Å². The minimum absolute atomic E-state index is 0.320. The van der Waals surface area contributed by atoms with Crippen LogP contribution in [0.25, 0.3) is 0 Å². The molecule has 1 aromatic rings. The average Bonchev–Trinajstić information content (AvgIpc) is 2.43. The molecule has 0 aromatic carbocycles. The molecule has 1 N–H and O–H groups in total. The molecule has 20 heavy (non-hydrogen) atoms. The molecule has 0 spiro atoms. The molecule has 1 aliphatic rings. The molecule has 2 atom stereocenters. The summed E-state index contributed by atoms with van der Waals surface area (Å²) in [6, 6.07) is 4.04. The second kappa shape index (κ2) is 6.70. The van der Waals surface area contributed by atoms with Crippen LogP contribution in [0.2, 0.25) is 0 Å². The molecule has 1 saturated heterocycles. The first-order chi connectivity index (χ1) is 9.60. The summed E-state index contributed by atoms with van der Waals surface area (Å²) < 4.78 is 4.94. The monoisotopic (exact) mass is 277 g/mol. The van der Waals surface area contributed by atoms with Gasteiger partial charge < -0.3 is 15.0 Å². The van der Waals surface area contributed by atoms with E-state index in [0.29, 0.717) is 24.1 Å². The smallest absolute Gasteiger partial charge is 0.339 e. The molecule has 0 bridgehead atoms. The van der Waals surface area contributed by atoms with Crippen LogP contribution in [0.15, 0.2) is 18.3 Å². The number of likely N-dealkylation sites (tertiary alicyclic amines) is 1. The van der Waals surface area contributed by atoms with Crippen molar-refractivity contribution in [3.8, 4) is 0 Å². The zero-order valence-corrected chi connectivity index (χ0v) is 12.4. The van der Waals surface area contributed by atoms with Crippen LogP contribution in [0.4, 0.5) is 5.82 Å². The lowest BCUT2D eigenvalue weighted by molar-refractivity contribution is 0.0526. The Balaban J connectivity index is 1.95. The Morgan fingerprint density at radius 3 is 2.95 bits per heavy atom. The number of anilines is 1. The Kier molecular flexibility index (Phi) is 4.95. The molecule has 110 valence electrons. The fourth-order valence-electron chi connectivity index (χ4n) is 2.57. The van der Waals surface area contributed by atoms with E-state index in [4.69, 9.17) is 4.74 Å². The molecule has 1 aliphatic heterocycles. The SMILES string of the molecule is CCOC(=O)c1ccc(NC2CCN(C)CC2C)nc1. The van der Waals surface area contributed by atoms with E-state index in [1.54, 1.807) is 19.2 Å². The Labute approximate surface area is 120 Å². The summed E-state index contributed by atoms with van der Waals surface area (Å²) in [5, 5.41) is 3.46. The van der Waals surface area contributed by atoms with Gasteiger partial charge in [-0.1, -0.05) is 6.92 Å². The molecule has 0 amide bonds. The van der Waals surface area contributed by atoms with Gasteiger partial charge in [-0.05, 0) is 45.0 Å². The van der Waals surface area contributed by atoms with Gasteiger partial charge in [0.25, 0.3) is 0 Å². The molecule has 2 heterocycles. The number of pyridine rings is 1. The Hall–Kier alpha value is -1.62. The molecule has 1 fully saturated rings. The molecule has 0 radical (unpaired) electrons. The van der Waals surface area contributed by atoms with Crippen LogP contribution in [0.1, 0.15) is 30.6 Å². The third kappa shape index (κ3) is 3.70. The molecule has 2 unspecified atom stereocenters. The quantitative estimate of drug-likeness (QED) is 0.853. The number of carbonyl (C=O) groups excluding carboxylic acids is 1. The molecular weight excluding hydrogens is 254 g/mol. The van der Waals surface area contributed by atoms with Gasteiger partial charge in [0, 0.05) is 18.8 Å². The minimum Gasteiger partial charge on any atom is -0.462 e. The summed E-state index contributed by atoms with van der Waals surface area (Å²) >= 11 is 0. The van der Waals surface area contributed by atoms with Crippen molar-refractivity contribution < 1.29 is 9.53 Å². The first kappa shape index (κ1) is 14.8. The summed E-state index contributed by atoms with van der Waals surface area (Å²) in [6.45, 7) is 6.62. The number of nitrogens with one attached hydrogen (secondary N) is 1. The van der Waals surface area contributed by atoms with E-state index in [-0.39, 0.29) is 5.97 Å². The molecular formula is C15H23N3O2. The van der Waals surface area contributed by atoms with Gasteiger partial charge in [0.2, 0.25) is 0 Å². The number of rotatable bonds is 4. The number of piperidine rings is 1. The van der Waals surface area contributed by atoms with Crippen LogP contribution >= 0.6 is 0 Å². The van der Waals surface area contributed by atoms with Crippen molar-refractivity contribution >= 4 is 11.8 Å². The van der Waals surface area contributed by atoms with E-state index in [2.05, 4.69) is 29.2 Å². The molecule has 5 nitrogen and oxygen atoms in total.